The van der Waals surface area contributed by atoms with E-state index in [9.17, 15) is 0 Å². The molecule has 2 N–H and O–H groups in total. The van der Waals surface area contributed by atoms with Crippen LogP contribution >= 0.6 is 11.6 Å². The molecular weight excluding hydrogens is 296 g/mol. The molecule has 116 valence electrons. The summed E-state index contributed by atoms with van der Waals surface area (Å²) in [5.41, 5.74) is 8.97. The first-order valence-electron chi connectivity index (χ1n) is 7.58. The Kier molecular flexibility index (Phi) is 4.67. The maximum Gasteiger partial charge on any atom is 0.0967 e. The lowest BCUT2D eigenvalue weighted by Gasteiger charge is -2.38. The van der Waals surface area contributed by atoms with Gasteiger partial charge in [-0.2, -0.15) is 0 Å². The van der Waals surface area contributed by atoms with Crippen LogP contribution < -0.4 is 5.73 Å². The highest BCUT2D eigenvalue weighted by Gasteiger charge is 2.28. The maximum absolute atomic E-state index is 6.31. The van der Waals surface area contributed by atoms with Gasteiger partial charge in [0.1, 0.15) is 0 Å². The van der Waals surface area contributed by atoms with Crippen molar-refractivity contribution in [1.82, 2.24) is 4.90 Å². The fourth-order valence-corrected chi connectivity index (χ4v) is 3.13. The van der Waals surface area contributed by atoms with Crippen molar-refractivity contribution in [1.29, 1.82) is 0 Å². The first kappa shape index (κ1) is 15.3. The molecular formula is C18H21ClN2O. The van der Waals surface area contributed by atoms with Crippen LogP contribution in [0.15, 0.2) is 48.5 Å². The third-order valence-corrected chi connectivity index (χ3v) is 4.50. The van der Waals surface area contributed by atoms with E-state index in [2.05, 4.69) is 17.9 Å². The van der Waals surface area contributed by atoms with Crippen molar-refractivity contribution in [2.75, 3.05) is 18.9 Å². The van der Waals surface area contributed by atoms with Crippen LogP contribution in [0, 0.1) is 0 Å². The topological polar surface area (TPSA) is 38.5 Å². The number of nitrogens with two attached hydrogens (primary N) is 1. The highest BCUT2D eigenvalue weighted by molar-refractivity contribution is 6.31. The predicted octanol–water partition coefficient (Wildman–Crippen LogP) is 3.88. The Balaban J connectivity index is 1.75. The average molecular weight is 317 g/mol. The highest BCUT2D eigenvalue weighted by atomic mass is 35.5. The number of ether oxygens (including phenoxy) is 1. The summed E-state index contributed by atoms with van der Waals surface area (Å²) in [6, 6.07) is 16.4. The predicted molar refractivity (Wildman–Crippen MR) is 90.9 cm³/mol. The summed E-state index contributed by atoms with van der Waals surface area (Å²) in [6.07, 6.45) is 0.0194. The second-order valence-electron chi connectivity index (χ2n) is 5.87. The molecule has 1 aliphatic heterocycles. The number of anilines is 1. The summed E-state index contributed by atoms with van der Waals surface area (Å²) in [5.74, 6) is 0. The Morgan fingerprint density at radius 1 is 1.23 bits per heavy atom. The van der Waals surface area contributed by atoms with Gasteiger partial charge in [0.15, 0.2) is 0 Å². The van der Waals surface area contributed by atoms with Crippen molar-refractivity contribution in [3.05, 3.63) is 64.7 Å². The van der Waals surface area contributed by atoms with E-state index in [1.807, 2.05) is 42.5 Å². The minimum atomic E-state index is 0.0194. The largest absolute Gasteiger partial charge is 0.399 e. The molecule has 3 nitrogen and oxygen atoms in total. The lowest BCUT2D eigenvalue weighted by molar-refractivity contribution is -0.0632. The molecule has 0 saturated carbocycles. The summed E-state index contributed by atoms with van der Waals surface area (Å²) in [7, 11) is 0. The molecule has 0 bridgehead atoms. The van der Waals surface area contributed by atoms with E-state index in [-0.39, 0.29) is 6.10 Å². The number of halogens is 1. The number of benzene rings is 2. The fourth-order valence-electron chi connectivity index (χ4n) is 2.88. The lowest BCUT2D eigenvalue weighted by atomic mass is 10.0. The van der Waals surface area contributed by atoms with Crippen molar-refractivity contribution in [2.45, 2.75) is 25.6 Å². The van der Waals surface area contributed by atoms with Gasteiger partial charge < -0.3 is 10.5 Å². The average Bonchev–Trinajstić information content (AvgIpc) is 2.50. The Labute approximate surface area is 136 Å². The molecule has 4 heteroatoms. The van der Waals surface area contributed by atoms with Crippen LogP contribution in [0.3, 0.4) is 0 Å². The van der Waals surface area contributed by atoms with Gasteiger partial charge in [0.2, 0.25) is 0 Å². The number of hydrogen-bond acceptors (Lipinski definition) is 3. The minimum absolute atomic E-state index is 0.0194. The number of hydrogen-bond donors (Lipinski definition) is 1. The molecule has 0 amide bonds. The van der Waals surface area contributed by atoms with Crippen LogP contribution in [0.5, 0.6) is 0 Å². The molecule has 1 heterocycles. The van der Waals surface area contributed by atoms with Crippen LogP contribution in [-0.4, -0.2) is 24.1 Å². The van der Waals surface area contributed by atoms with E-state index < -0.39 is 0 Å². The molecule has 2 atom stereocenters. The summed E-state index contributed by atoms with van der Waals surface area (Å²) in [5, 5.41) is 0.769. The number of nitrogens with zero attached hydrogens (tertiary/aromatic N) is 1. The van der Waals surface area contributed by atoms with Crippen LogP contribution in [0.4, 0.5) is 5.69 Å². The zero-order valence-electron chi connectivity index (χ0n) is 12.7. The van der Waals surface area contributed by atoms with Crippen molar-refractivity contribution >= 4 is 17.3 Å². The van der Waals surface area contributed by atoms with Gasteiger partial charge in [0.05, 0.1) is 12.7 Å². The van der Waals surface area contributed by atoms with E-state index in [1.165, 1.54) is 5.56 Å². The van der Waals surface area contributed by atoms with E-state index in [0.29, 0.717) is 12.6 Å². The molecule has 0 radical (unpaired) electrons. The van der Waals surface area contributed by atoms with Crippen molar-refractivity contribution in [3.63, 3.8) is 0 Å². The minimum Gasteiger partial charge on any atom is -0.399 e. The fraction of sp³-hybridized carbons (Fsp3) is 0.333. The number of rotatable bonds is 3. The van der Waals surface area contributed by atoms with Gasteiger partial charge in [-0.15, -0.1) is 0 Å². The standard InChI is InChI=1S/C18H21ClN2O/c1-13-12-22-18(16-7-2-3-8-17(16)19)11-21(13)10-14-5-4-6-15(20)9-14/h2-9,13,18H,10-12,20H2,1H3. The third kappa shape index (κ3) is 3.43. The first-order valence-corrected chi connectivity index (χ1v) is 7.96. The quantitative estimate of drug-likeness (QED) is 0.873. The Bertz CT molecular complexity index is 646. The highest BCUT2D eigenvalue weighted by Crippen LogP contribution is 2.30. The van der Waals surface area contributed by atoms with Gasteiger partial charge in [0, 0.05) is 35.4 Å². The van der Waals surface area contributed by atoms with Crippen molar-refractivity contribution < 1.29 is 4.74 Å². The Morgan fingerprint density at radius 3 is 2.82 bits per heavy atom. The second-order valence-corrected chi connectivity index (χ2v) is 6.27. The summed E-state index contributed by atoms with van der Waals surface area (Å²) in [6.45, 7) is 4.60. The van der Waals surface area contributed by atoms with Gasteiger partial charge in [-0.25, -0.2) is 0 Å². The maximum atomic E-state index is 6.31. The molecule has 1 fully saturated rings. The summed E-state index contributed by atoms with van der Waals surface area (Å²) < 4.78 is 6.00. The van der Waals surface area contributed by atoms with Crippen molar-refractivity contribution in [2.24, 2.45) is 0 Å². The molecule has 22 heavy (non-hydrogen) atoms. The van der Waals surface area contributed by atoms with Gasteiger partial charge in [-0.3, -0.25) is 4.90 Å². The van der Waals surface area contributed by atoms with Crippen LogP contribution in [-0.2, 0) is 11.3 Å². The molecule has 0 aromatic heterocycles. The van der Waals surface area contributed by atoms with E-state index in [0.717, 1.165) is 29.4 Å². The lowest BCUT2D eigenvalue weighted by Crippen LogP contribution is -2.44. The summed E-state index contributed by atoms with van der Waals surface area (Å²) >= 11 is 6.31. The van der Waals surface area contributed by atoms with Crippen molar-refractivity contribution in [3.8, 4) is 0 Å². The van der Waals surface area contributed by atoms with E-state index in [4.69, 9.17) is 22.1 Å². The molecule has 1 aliphatic rings. The monoisotopic (exact) mass is 316 g/mol. The molecule has 0 aliphatic carbocycles. The number of morpholine rings is 1. The second kappa shape index (κ2) is 6.69. The third-order valence-electron chi connectivity index (χ3n) is 4.15. The van der Waals surface area contributed by atoms with Gasteiger partial charge in [0.25, 0.3) is 0 Å². The van der Waals surface area contributed by atoms with Gasteiger partial charge in [-0.05, 0) is 30.7 Å². The summed E-state index contributed by atoms with van der Waals surface area (Å²) in [4.78, 5) is 2.42. The number of nitrogen functional groups attached to an aromatic ring is 1. The molecule has 1 saturated heterocycles. The SMILES string of the molecule is CC1COC(c2ccccc2Cl)CN1Cc1cccc(N)c1. The zero-order chi connectivity index (χ0) is 15.5. The Morgan fingerprint density at radius 2 is 2.05 bits per heavy atom. The van der Waals surface area contributed by atoms with Gasteiger partial charge >= 0.3 is 0 Å². The van der Waals surface area contributed by atoms with Crippen LogP contribution in [0.25, 0.3) is 0 Å². The smallest absolute Gasteiger partial charge is 0.0967 e. The van der Waals surface area contributed by atoms with E-state index in [1.54, 1.807) is 0 Å². The first-order chi connectivity index (χ1) is 10.6. The van der Waals surface area contributed by atoms with Gasteiger partial charge in [-0.1, -0.05) is 41.9 Å². The normalized spacial score (nSPS) is 22.6. The Hall–Kier alpha value is -1.55. The molecule has 2 unspecified atom stereocenters. The molecule has 3 rings (SSSR count). The molecule has 0 spiro atoms. The van der Waals surface area contributed by atoms with Crippen LogP contribution in [0.2, 0.25) is 5.02 Å². The van der Waals surface area contributed by atoms with E-state index >= 15 is 0 Å². The molecule has 2 aromatic carbocycles. The van der Waals surface area contributed by atoms with Crippen LogP contribution in [0.1, 0.15) is 24.2 Å². The molecule has 2 aromatic rings. The zero-order valence-corrected chi connectivity index (χ0v) is 13.5.